The molecule has 2 aliphatic carbocycles. The van der Waals surface area contributed by atoms with E-state index in [1.165, 1.54) is 165 Å². The molecule has 2 aliphatic rings. The number of nitrogens with zero attached hydrogens (tertiary/aromatic N) is 6. The van der Waals surface area contributed by atoms with E-state index in [4.69, 9.17) is 13.1 Å². The van der Waals surface area contributed by atoms with Crippen LogP contribution in [-0.4, -0.2) is 18.3 Å². The Morgan fingerprint density at radius 3 is 0.892 bits per heavy atom. The zero-order chi connectivity index (χ0) is 79.9. The molecule has 0 fully saturated rings. The lowest BCUT2D eigenvalue weighted by Gasteiger charge is -2.34. The van der Waals surface area contributed by atoms with Crippen LogP contribution in [0.3, 0.4) is 0 Å². The number of benzene rings is 18. The van der Waals surface area contributed by atoms with E-state index in [1.807, 2.05) is 36.4 Å². The Balaban J connectivity index is 0.000000142. The van der Waals surface area contributed by atoms with Crippen molar-refractivity contribution in [3.05, 3.63) is 469 Å². The van der Waals surface area contributed by atoms with Crippen molar-refractivity contribution in [1.29, 1.82) is 0 Å². The third-order valence-corrected chi connectivity index (χ3v) is 25.8. The monoisotopic (exact) mass is 1530 g/mol. The Kier molecular flexibility index (Phi) is 15.9. The number of fused-ring (bicyclic) bond motifs is 18. The second-order valence-electron chi connectivity index (χ2n) is 32.4. The maximum atomic E-state index is 7.47. The highest BCUT2D eigenvalue weighted by atomic mass is 15.0. The van der Waals surface area contributed by atoms with Gasteiger partial charge in [-0.05, 0) is 234 Å². The molecule has 0 spiro atoms. The lowest BCUT2D eigenvalue weighted by molar-refractivity contribution is 0.660. The molecule has 0 atom stereocenters. The van der Waals surface area contributed by atoms with Gasteiger partial charge in [-0.1, -0.05) is 293 Å². The van der Waals surface area contributed by atoms with Gasteiger partial charge in [0.1, 0.15) is 0 Å². The molecule has 0 saturated heterocycles. The van der Waals surface area contributed by atoms with Crippen LogP contribution >= 0.6 is 0 Å². The molecule has 120 heavy (non-hydrogen) atoms. The molecule has 6 heteroatoms. The third-order valence-electron chi connectivity index (χ3n) is 25.8. The van der Waals surface area contributed by atoms with E-state index in [0.29, 0.717) is 11.4 Å². The molecule has 24 rings (SSSR count). The molecule has 4 aromatic heterocycles. The minimum Gasteiger partial charge on any atom is -0.309 e. The predicted molar refractivity (Wildman–Crippen MR) is 499 cm³/mol. The Bertz CT molecular complexity index is 8030. The zero-order valence-corrected chi connectivity index (χ0v) is 65.9. The number of aromatic nitrogens is 4. The van der Waals surface area contributed by atoms with Crippen LogP contribution in [0.25, 0.3) is 186 Å². The Labute approximate surface area is 695 Å². The highest BCUT2D eigenvalue weighted by Crippen LogP contribution is 2.57. The van der Waals surface area contributed by atoms with Gasteiger partial charge in [0.2, 0.25) is 0 Å². The number of rotatable bonds is 10. The van der Waals surface area contributed by atoms with Gasteiger partial charge in [-0.2, -0.15) is 0 Å². The molecule has 18 aromatic carbocycles. The van der Waals surface area contributed by atoms with Crippen LogP contribution in [-0.2, 0) is 10.8 Å². The van der Waals surface area contributed by atoms with Crippen molar-refractivity contribution in [1.82, 2.24) is 18.3 Å². The SMILES string of the molecule is [C-]#[N+]c1cccc(-c2ccc(-n3c4ccccc4c4cc(-c5ccc6c(c5)c5ccccc5n6-c5ccc6c(c5)C(C)(C)c5ccccc5-6)ccc43)cc2)c1.[C-]#[N+]c1cccc(-c2ccc(-n3c4ccccc4c4cc(-c5ccc6c(c5)c5ccccc5n6-c5ccc6c(c5)C(c5ccccc5)(c5ccccc5)c5ccccc5-6)ccc43)cc2)c1. The highest BCUT2D eigenvalue weighted by Gasteiger charge is 2.46. The van der Waals surface area contributed by atoms with E-state index in [0.717, 1.165) is 44.8 Å². The van der Waals surface area contributed by atoms with Crippen molar-refractivity contribution < 1.29 is 0 Å². The first-order valence-electron chi connectivity index (χ1n) is 41.1. The molecule has 6 nitrogen and oxygen atoms in total. The predicted octanol–water partition coefficient (Wildman–Crippen LogP) is 30.2. The van der Waals surface area contributed by atoms with E-state index in [9.17, 15) is 0 Å². The van der Waals surface area contributed by atoms with Gasteiger partial charge in [0.05, 0.1) is 62.7 Å². The standard InChI is InChI=1S/C62H39N3.C52H35N3/c1-63-47-20-14-15-42(37-47)41-27-31-48(32-28-41)64-58-25-12-9-22-52(58)54-38-43(29-35-60(54)64)44-30-36-61-55(39-44)53-23-10-13-26-59(53)65(61)49-33-34-51-50-21-8-11-24-56(50)62(57(51)40-49,45-16-4-2-5-17-45)46-18-6-3-7-19-46;1-52(2)46-16-7-4-13-40(46)41-26-25-39(32-47(41)52)55-49-18-9-6-15-43(49)45-31-36(22-28-51(45)55)35-21-27-50-44(30-35)42-14-5-8-17-48(42)54(50)38-23-19-33(20-24-38)34-11-10-12-37(29-34)53-3/h2-40H;4-32H,1-2H3. The van der Waals surface area contributed by atoms with Crippen LogP contribution in [0.1, 0.15) is 47.2 Å². The van der Waals surface area contributed by atoms with E-state index < -0.39 is 5.41 Å². The molecule has 0 amide bonds. The highest BCUT2D eigenvalue weighted by molar-refractivity contribution is 6.15. The minimum atomic E-state index is -0.478. The Morgan fingerprint density at radius 2 is 0.492 bits per heavy atom. The van der Waals surface area contributed by atoms with Gasteiger partial charge >= 0.3 is 0 Å². The number of hydrogen-bond acceptors (Lipinski definition) is 0. The first-order valence-corrected chi connectivity index (χ1v) is 41.1. The van der Waals surface area contributed by atoms with Crippen LogP contribution in [0.2, 0.25) is 0 Å². The van der Waals surface area contributed by atoms with Gasteiger partial charge in [0, 0.05) is 71.3 Å². The summed E-state index contributed by atoms with van der Waals surface area (Å²) in [5.74, 6) is 0. The lowest BCUT2D eigenvalue weighted by Crippen LogP contribution is -2.28. The number of para-hydroxylation sites is 4. The summed E-state index contributed by atoms with van der Waals surface area (Å²) in [6.07, 6.45) is 0. The van der Waals surface area contributed by atoms with Gasteiger partial charge < -0.3 is 18.3 Å². The summed E-state index contributed by atoms with van der Waals surface area (Å²) < 4.78 is 9.63. The summed E-state index contributed by atoms with van der Waals surface area (Å²) in [6.45, 7) is 19.6. The molecular formula is C114H74N6. The van der Waals surface area contributed by atoms with Crippen molar-refractivity contribution in [2.24, 2.45) is 0 Å². The van der Waals surface area contributed by atoms with E-state index in [1.54, 1.807) is 0 Å². The summed E-state index contributed by atoms with van der Waals surface area (Å²) in [7, 11) is 0. The summed E-state index contributed by atoms with van der Waals surface area (Å²) in [5, 5.41) is 9.85. The second-order valence-corrected chi connectivity index (χ2v) is 32.4. The fourth-order valence-corrected chi connectivity index (χ4v) is 20.2. The lowest BCUT2D eigenvalue weighted by atomic mass is 9.67. The maximum absolute atomic E-state index is 7.47. The molecule has 0 unspecified atom stereocenters. The maximum Gasteiger partial charge on any atom is 0.187 e. The van der Waals surface area contributed by atoms with Crippen molar-refractivity contribution in [3.63, 3.8) is 0 Å². The topological polar surface area (TPSA) is 28.4 Å². The van der Waals surface area contributed by atoms with Gasteiger partial charge in [-0.15, -0.1) is 0 Å². The Morgan fingerprint density at radius 1 is 0.200 bits per heavy atom. The molecule has 0 bridgehead atoms. The zero-order valence-electron chi connectivity index (χ0n) is 65.9. The average molecular weight is 1530 g/mol. The largest absolute Gasteiger partial charge is 0.309 e. The molecule has 0 saturated carbocycles. The summed E-state index contributed by atoms with van der Waals surface area (Å²) in [6, 6.07) is 150. The minimum absolute atomic E-state index is 0.0643. The molecule has 4 heterocycles. The summed E-state index contributed by atoms with van der Waals surface area (Å²) in [5.41, 5.74) is 37.0. The third kappa shape index (κ3) is 10.7. The van der Waals surface area contributed by atoms with Crippen LogP contribution in [0, 0.1) is 13.1 Å². The van der Waals surface area contributed by atoms with Crippen molar-refractivity contribution in [2.75, 3.05) is 0 Å². The van der Waals surface area contributed by atoms with E-state index >= 15 is 0 Å². The first-order chi connectivity index (χ1) is 59.2. The van der Waals surface area contributed by atoms with Gasteiger partial charge in [0.15, 0.2) is 11.4 Å². The summed E-state index contributed by atoms with van der Waals surface area (Å²) in [4.78, 5) is 7.26. The van der Waals surface area contributed by atoms with Crippen molar-refractivity contribution in [2.45, 2.75) is 24.7 Å². The van der Waals surface area contributed by atoms with Crippen LogP contribution in [0.4, 0.5) is 11.4 Å². The van der Waals surface area contributed by atoms with Crippen LogP contribution in [0.5, 0.6) is 0 Å². The quantitative estimate of drug-likeness (QED) is 0.122. The molecule has 0 radical (unpaired) electrons. The normalized spacial score (nSPS) is 12.9. The first kappa shape index (κ1) is 69.6. The molecule has 0 aliphatic heterocycles. The van der Waals surface area contributed by atoms with Crippen LogP contribution in [0.15, 0.2) is 413 Å². The smallest absolute Gasteiger partial charge is 0.187 e. The van der Waals surface area contributed by atoms with Gasteiger partial charge in [-0.25, -0.2) is 9.69 Å². The van der Waals surface area contributed by atoms with Crippen LogP contribution < -0.4 is 0 Å². The fraction of sp³-hybridized carbons (Fsp3) is 0.0351. The van der Waals surface area contributed by atoms with E-state index in [2.05, 4.69) is 418 Å². The van der Waals surface area contributed by atoms with Gasteiger partial charge in [-0.3, -0.25) is 0 Å². The molecule has 560 valence electrons. The van der Waals surface area contributed by atoms with E-state index in [-0.39, 0.29) is 5.41 Å². The van der Waals surface area contributed by atoms with Crippen molar-refractivity contribution in [3.8, 4) is 89.5 Å². The number of hydrogen-bond donors (Lipinski definition) is 0. The molecule has 0 N–H and O–H groups in total. The average Bonchev–Trinajstić information content (AvgIpc) is 1.53. The Hall–Kier alpha value is -15.9. The van der Waals surface area contributed by atoms with Gasteiger partial charge in [0.25, 0.3) is 0 Å². The second kappa shape index (κ2) is 27.4. The fourth-order valence-electron chi connectivity index (χ4n) is 20.2. The molecular weight excluding hydrogens is 1450 g/mol. The summed E-state index contributed by atoms with van der Waals surface area (Å²) >= 11 is 0. The van der Waals surface area contributed by atoms with Crippen molar-refractivity contribution >= 4 is 98.6 Å². The molecule has 22 aromatic rings.